The molecule has 0 aliphatic carbocycles. The fourth-order valence-electron chi connectivity index (χ4n) is 0.819. The molecule has 1 heterocycles. The van der Waals surface area contributed by atoms with Crippen LogP contribution in [0.25, 0.3) is 0 Å². The van der Waals surface area contributed by atoms with Crippen LogP contribution in [-0.4, -0.2) is 23.8 Å². The summed E-state index contributed by atoms with van der Waals surface area (Å²) >= 11 is 3.34. The van der Waals surface area contributed by atoms with E-state index in [0.717, 1.165) is 16.5 Å². The molecular formula is C8H11N3S2. The van der Waals surface area contributed by atoms with E-state index < -0.39 is 0 Å². The van der Waals surface area contributed by atoms with E-state index in [-0.39, 0.29) is 6.04 Å². The lowest BCUT2D eigenvalue weighted by molar-refractivity contribution is 0.663. The van der Waals surface area contributed by atoms with Crippen molar-refractivity contribution in [1.29, 1.82) is 5.26 Å². The Morgan fingerprint density at radius 3 is 3.23 bits per heavy atom. The predicted molar refractivity (Wildman–Crippen MR) is 55.9 cm³/mol. The maximum atomic E-state index is 8.65. The molecule has 0 saturated carbocycles. The molecule has 0 bridgehead atoms. The van der Waals surface area contributed by atoms with Crippen molar-refractivity contribution in [3.63, 3.8) is 0 Å². The molecule has 1 N–H and O–H groups in total. The number of thioether (sulfide) groups is 1. The van der Waals surface area contributed by atoms with Crippen LogP contribution in [0.3, 0.4) is 0 Å². The Morgan fingerprint density at radius 2 is 2.69 bits per heavy atom. The minimum Gasteiger partial charge on any atom is -0.305 e. The molecule has 5 heteroatoms. The third-order valence-electron chi connectivity index (χ3n) is 1.55. The maximum Gasteiger partial charge on any atom is 0.149 e. The van der Waals surface area contributed by atoms with Gasteiger partial charge in [-0.05, 0) is 13.5 Å². The molecule has 1 atom stereocenters. The molecule has 0 aromatic carbocycles. The molecule has 0 radical (unpaired) electrons. The van der Waals surface area contributed by atoms with Gasteiger partial charge >= 0.3 is 0 Å². The standard InChI is InChI=1S/C8H11N3S2/c1-10-7(6-9)2-4-12-8-11-3-5-13-8/h3,5,7,10H,2,4H2,1H3. The average molecular weight is 213 g/mol. The summed E-state index contributed by atoms with van der Waals surface area (Å²) < 4.78 is 1.08. The van der Waals surface area contributed by atoms with Gasteiger partial charge in [-0.1, -0.05) is 11.8 Å². The van der Waals surface area contributed by atoms with Crippen molar-refractivity contribution in [3.05, 3.63) is 11.6 Å². The highest BCUT2D eigenvalue weighted by Crippen LogP contribution is 2.20. The van der Waals surface area contributed by atoms with E-state index in [9.17, 15) is 0 Å². The minimum absolute atomic E-state index is 0.0348. The van der Waals surface area contributed by atoms with Gasteiger partial charge in [0.1, 0.15) is 4.34 Å². The second-order valence-corrected chi connectivity index (χ2v) is 4.64. The summed E-state index contributed by atoms with van der Waals surface area (Å²) in [4.78, 5) is 4.14. The number of nitrogens with zero attached hydrogens (tertiary/aromatic N) is 2. The summed E-state index contributed by atoms with van der Waals surface area (Å²) in [7, 11) is 1.81. The molecule has 0 fully saturated rings. The first-order chi connectivity index (χ1) is 6.36. The summed E-state index contributed by atoms with van der Waals surface area (Å²) in [5, 5.41) is 13.5. The third kappa shape index (κ3) is 3.77. The van der Waals surface area contributed by atoms with E-state index in [4.69, 9.17) is 5.26 Å². The van der Waals surface area contributed by atoms with Crippen LogP contribution >= 0.6 is 23.1 Å². The second kappa shape index (κ2) is 5.97. The van der Waals surface area contributed by atoms with Crippen LogP contribution in [-0.2, 0) is 0 Å². The summed E-state index contributed by atoms with van der Waals surface area (Å²) in [6.07, 6.45) is 2.66. The van der Waals surface area contributed by atoms with Crippen LogP contribution in [0.2, 0.25) is 0 Å². The van der Waals surface area contributed by atoms with Crippen molar-refractivity contribution in [2.24, 2.45) is 0 Å². The Morgan fingerprint density at radius 1 is 1.85 bits per heavy atom. The second-order valence-electron chi connectivity index (χ2n) is 2.41. The van der Waals surface area contributed by atoms with Crippen molar-refractivity contribution in [1.82, 2.24) is 10.3 Å². The fraction of sp³-hybridized carbons (Fsp3) is 0.500. The van der Waals surface area contributed by atoms with Gasteiger partial charge in [-0.3, -0.25) is 0 Å². The molecule has 0 aliphatic rings. The Labute approximate surface area is 86.2 Å². The smallest absolute Gasteiger partial charge is 0.149 e. The molecule has 0 aliphatic heterocycles. The van der Waals surface area contributed by atoms with E-state index in [1.54, 1.807) is 29.3 Å². The van der Waals surface area contributed by atoms with Gasteiger partial charge in [0.05, 0.1) is 12.1 Å². The number of aromatic nitrogens is 1. The molecule has 1 unspecified atom stereocenters. The molecule has 0 spiro atoms. The fourth-order valence-corrected chi connectivity index (χ4v) is 2.53. The van der Waals surface area contributed by atoms with Gasteiger partial charge < -0.3 is 5.32 Å². The quantitative estimate of drug-likeness (QED) is 0.757. The van der Waals surface area contributed by atoms with Crippen LogP contribution < -0.4 is 5.32 Å². The third-order valence-corrected chi connectivity index (χ3v) is 3.55. The van der Waals surface area contributed by atoms with Crippen LogP contribution in [0.4, 0.5) is 0 Å². The van der Waals surface area contributed by atoms with Gasteiger partial charge in [-0.15, -0.1) is 11.3 Å². The summed E-state index contributed by atoms with van der Waals surface area (Å²) in [5.41, 5.74) is 0. The zero-order valence-corrected chi connectivity index (χ0v) is 8.99. The molecule has 0 amide bonds. The summed E-state index contributed by atoms with van der Waals surface area (Å²) in [6, 6.07) is 2.16. The molecule has 3 nitrogen and oxygen atoms in total. The monoisotopic (exact) mass is 213 g/mol. The lowest BCUT2D eigenvalue weighted by atomic mass is 10.3. The molecule has 1 aromatic rings. The summed E-state index contributed by atoms with van der Waals surface area (Å²) in [6.45, 7) is 0. The number of hydrogen-bond donors (Lipinski definition) is 1. The Bertz CT molecular complexity index is 265. The van der Waals surface area contributed by atoms with Crippen LogP contribution in [0.5, 0.6) is 0 Å². The van der Waals surface area contributed by atoms with Crippen LogP contribution in [0, 0.1) is 11.3 Å². The lowest BCUT2D eigenvalue weighted by Gasteiger charge is -2.04. The first kappa shape index (κ1) is 10.5. The topological polar surface area (TPSA) is 48.7 Å². The van der Waals surface area contributed by atoms with Crippen molar-refractivity contribution < 1.29 is 0 Å². The number of thiazole rings is 1. The first-order valence-corrected chi connectivity index (χ1v) is 5.82. The van der Waals surface area contributed by atoms with Gasteiger partial charge in [-0.2, -0.15) is 5.26 Å². The van der Waals surface area contributed by atoms with E-state index in [1.165, 1.54) is 0 Å². The molecule has 0 saturated heterocycles. The Kier molecular flexibility index (Phi) is 4.83. The normalized spacial score (nSPS) is 12.3. The van der Waals surface area contributed by atoms with Gasteiger partial charge in [0, 0.05) is 17.3 Å². The SMILES string of the molecule is CNC(C#N)CCSc1nccs1. The molecule has 70 valence electrons. The van der Waals surface area contributed by atoms with Crippen molar-refractivity contribution in [2.45, 2.75) is 16.8 Å². The molecule has 1 rings (SSSR count). The number of hydrogen-bond acceptors (Lipinski definition) is 5. The lowest BCUT2D eigenvalue weighted by Crippen LogP contribution is -2.23. The van der Waals surface area contributed by atoms with Crippen molar-refractivity contribution in [3.8, 4) is 6.07 Å². The van der Waals surface area contributed by atoms with Gasteiger partial charge in [-0.25, -0.2) is 4.98 Å². The minimum atomic E-state index is -0.0348. The predicted octanol–water partition coefficient (Wildman–Crippen LogP) is 1.74. The molecular weight excluding hydrogens is 202 g/mol. The Balaban J connectivity index is 2.18. The zero-order valence-electron chi connectivity index (χ0n) is 7.36. The highest BCUT2D eigenvalue weighted by Gasteiger charge is 2.04. The number of nitriles is 1. The molecule has 1 aromatic heterocycles. The van der Waals surface area contributed by atoms with Crippen molar-refractivity contribution >= 4 is 23.1 Å². The highest BCUT2D eigenvalue weighted by molar-refractivity contribution is 8.00. The van der Waals surface area contributed by atoms with Crippen LogP contribution in [0.15, 0.2) is 15.9 Å². The van der Waals surface area contributed by atoms with Crippen LogP contribution in [0.1, 0.15) is 6.42 Å². The first-order valence-electron chi connectivity index (χ1n) is 3.96. The van der Waals surface area contributed by atoms with Gasteiger partial charge in [0.25, 0.3) is 0 Å². The largest absolute Gasteiger partial charge is 0.305 e. The van der Waals surface area contributed by atoms with Gasteiger partial charge in [0.15, 0.2) is 0 Å². The molecule has 13 heavy (non-hydrogen) atoms. The maximum absolute atomic E-state index is 8.65. The number of nitrogens with one attached hydrogen (secondary N) is 1. The van der Waals surface area contributed by atoms with E-state index in [1.807, 2.05) is 12.4 Å². The Hall–Kier alpha value is -0.570. The zero-order chi connectivity index (χ0) is 9.52. The highest BCUT2D eigenvalue weighted by atomic mass is 32.2. The van der Waals surface area contributed by atoms with E-state index in [2.05, 4.69) is 16.4 Å². The summed E-state index contributed by atoms with van der Waals surface area (Å²) in [5.74, 6) is 0.937. The van der Waals surface area contributed by atoms with Crippen molar-refractivity contribution in [2.75, 3.05) is 12.8 Å². The van der Waals surface area contributed by atoms with E-state index in [0.29, 0.717) is 0 Å². The van der Waals surface area contributed by atoms with Gasteiger partial charge in [0.2, 0.25) is 0 Å². The average Bonchev–Trinajstić information content (AvgIpc) is 2.65. The number of rotatable bonds is 5. The van der Waals surface area contributed by atoms with E-state index >= 15 is 0 Å².